The third-order valence-electron chi connectivity index (χ3n) is 2.57. The number of benzene rings is 1. The molecule has 90 valence electrons. The Morgan fingerprint density at radius 1 is 1.18 bits per heavy atom. The van der Waals surface area contributed by atoms with E-state index in [0.29, 0.717) is 11.8 Å². The molecule has 2 rings (SSSR count). The zero-order valence-corrected chi connectivity index (χ0v) is 10.2. The molecule has 2 aromatic rings. The van der Waals surface area contributed by atoms with Gasteiger partial charge in [-0.15, -0.1) is 10.2 Å². The van der Waals surface area contributed by atoms with Crippen LogP contribution in [0.3, 0.4) is 0 Å². The summed E-state index contributed by atoms with van der Waals surface area (Å²) < 4.78 is 5.62. The number of nitrogens with zero attached hydrogens (tertiary/aromatic N) is 2. The molecule has 0 aliphatic carbocycles. The molecule has 0 aliphatic rings. The van der Waals surface area contributed by atoms with Gasteiger partial charge >= 0.3 is 0 Å². The maximum absolute atomic E-state index is 5.62. The minimum atomic E-state index is -0.0194. The Hall–Kier alpha value is -1.68. The Morgan fingerprint density at radius 3 is 2.53 bits per heavy atom. The molecule has 0 radical (unpaired) electrons. The van der Waals surface area contributed by atoms with Crippen molar-refractivity contribution in [2.24, 2.45) is 0 Å². The van der Waals surface area contributed by atoms with E-state index in [-0.39, 0.29) is 6.04 Å². The van der Waals surface area contributed by atoms with E-state index >= 15 is 0 Å². The van der Waals surface area contributed by atoms with Crippen LogP contribution in [0, 0.1) is 0 Å². The van der Waals surface area contributed by atoms with E-state index in [2.05, 4.69) is 34.6 Å². The van der Waals surface area contributed by atoms with Gasteiger partial charge in [-0.05, 0) is 12.1 Å². The van der Waals surface area contributed by atoms with Gasteiger partial charge in [0.2, 0.25) is 11.8 Å². The summed E-state index contributed by atoms with van der Waals surface area (Å²) in [6.45, 7) is 4.92. The molecule has 4 nitrogen and oxygen atoms in total. The highest BCUT2D eigenvalue weighted by molar-refractivity contribution is 5.23. The first-order chi connectivity index (χ1) is 8.35. The van der Waals surface area contributed by atoms with Crippen LogP contribution in [0.15, 0.2) is 34.7 Å². The van der Waals surface area contributed by atoms with Crippen molar-refractivity contribution >= 4 is 0 Å². The number of aryl methyl sites for hydroxylation is 1. The van der Waals surface area contributed by atoms with Crippen LogP contribution in [-0.4, -0.2) is 16.7 Å². The lowest BCUT2D eigenvalue weighted by Gasteiger charge is -2.13. The summed E-state index contributed by atoms with van der Waals surface area (Å²) in [5.74, 6) is 1.31. The molecule has 0 bridgehead atoms. The highest BCUT2D eigenvalue weighted by atomic mass is 16.4. The second-order valence-electron chi connectivity index (χ2n) is 3.79. The highest BCUT2D eigenvalue weighted by Crippen LogP contribution is 2.20. The SMILES string of the molecule is CCNC(c1ccccc1)c1nnc(CC)o1. The first kappa shape index (κ1) is 11.8. The second kappa shape index (κ2) is 5.59. The van der Waals surface area contributed by atoms with E-state index in [4.69, 9.17) is 4.42 Å². The number of nitrogens with one attached hydrogen (secondary N) is 1. The van der Waals surface area contributed by atoms with Gasteiger partial charge in [-0.25, -0.2) is 0 Å². The fourth-order valence-electron chi connectivity index (χ4n) is 1.72. The molecule has 1 N–H and O–H groups in total. The Morgan fingerprint density at radius 2 is 1.94 bits per heavy atom. The molecule has 1 aromatic carbocycles. The lowest BCUT2D eigenvalue weighted by molar-refractivity contribution is 0.411. The molecule has 0 spiro atoms. The van der Waals surface area contributed by atoms with Crippen LogP contribution in [0.1, 0.15) is 37.2 Å². The molecule has 0 saturated heterocycles. The van der Waals surface area contributed by atoms with Gasteiger partial charge in [0.1, 0.15) is 6.04 Å². The van der Waals surface area contributed by atoms with Gasteiger partial charge in [0.15, 0.2) is 0 Å². The summed E-state index contributed by atoms with van der Waals surface area (Å²) in [5.41, 5.74) is 1.14. The van der Waals surface area contributed by atoms with Crippen LogP contribution in [0.25, 0.3) is 0 Å². The maximum atomic E-state index is 5.62. The molecule has 1 unspecified atom stereocenters. The Labute approximate surface area is 101 Å². The molecule has 0 saturated carbocycles. The summed E-state index contributed by atoms with van der Waals surface area (Å²) in [6.07, 6.45) is 0.765. The second-order valence-corrected chi connectivity index (χ2v) is 3.79. The van der Waals surface area contributed by atoms with Crippen molar-refractivity contribution in [3.05, 3.63) is 47.7 Å². The monoisotopic (exact) mass is 231 g/mol. The van der Waals surface area contributed by atoms with Crippen LogP contribution in [0.5, 0.6) is 0 Å². The lowest BCUT2D eigenvalue weighted by Crippen LogP contribution is -2.22. The van der Waals surface area contributed by atoms with E-state index in [1.165, 1.54) is 0 Å². The number of aromatic nitrogens is 2. The quantitative estimate of drug-likeness (QED) is 0.858. The number of hydrogen-bond acceptors (Lipinski definition) is 4. The molecule has 1 heterocycles. The molecule has 0 amide bonds. The van der Waals surface area contributed by atoms with Crippen molar-refractivity contribution in [3.63, 3.8) is 0 Å². The van der Waals surface area contributed by atoms with Crippen LogP contribution in [-0.2, 0) is 6.42 Å². The molecule has 4 heteroatoms. The predicted octanol–water partition coefficient (Wildman–Crippen LogP) is 2.33. The van der Waals surface area contributed by atoms with Crippen molar-refractivity contribution < 1.29 is 4.42 Å². The van der Waals surface area contributed by atoms with Gasteiger partial charge < -0.3 is 9.73 Å². The average Bonchev–Trinajstić information content (AvgIpc) is 2.85. The predicted molar refractivity (Wildman–Crippen MR) is 65.6 cm³/mol. The standard InChI is InChI=1S/C13H17N3O/c1-3-11-15-16-13(17-11)12(14-4-2)10-8-6-5-7-9-10/h5-9,12,14H,3-4H2,1-2H3. The Kier molecular flexibility index (Phi) is 3.88. The molecular weight excluding hydrogens is 214 g/mol. The summed E-state index contributed by atoms with van der Waals surface area (Å²) in [7, 11) is 0. The van der Waals surface area contributed by atoms with Gasteiger partial charge in [-0.3, -0.25) is 0 Å². The first-order valence-corrected chi connectivity index (χ1v) is 5.95. The van der Waals surface area contributed by atoms with Gasteiger partial charge in [-0.2, -0.15) is 0 Å². The molecule has 17 heavy (non-hydrogen) atoms. The summed E-state index contributed by atoms with van der Waals surface area (Å²) in [6, 6.07) is 10.1. The Bertz CT molecular complexity index is 453. The van der Waals surface area contributed by atoms with Crippen molar-refractivity contribution in [3.8, 4) is 0 Å². The zero-order valence-electron chi connectivity index (χ0n) is 10.2. The normalized spacial score (nSPS) is 12.6. The third kappa shape index (κ3) is 2.71. The molecule has 0 fully saturated rings. The van der Waals surface area contributed by atoms with Crippen LogP contribution in [0.2, 0.25) is 0 Å². The van der Waals surface area contributed by atoms with E-state index in [1.54, 1.807) is 0 Å². The average molecular weight is 231 g/mol. The zero-order chi connectivity index (χ0) is 12.1. The van der Waals surface area contributed by atoms with Crippen molar-refractivity contribution in [2.75, 3.05) is 6.54 Å². The van der Waals surface area contributed by atoms with Gasteiger partial charge in [0.05, 0.1) is 0 Å². The fraction of sp³-hybridized carbons (Fsp3) is 0.385. The van der Waals surface area contributed by atoms with Crippen LogP contribution < -0.4 is 5.32 Å². The molecule has 0 aliphatic heterocycles. The van der Waals surface area contributed by atoms with Crippen LogP contribution in [0.4, 0.5) is 0 Å². The minimum Gasteiger partial charge on any atom is -0.423 e. The highest BCUT2D eigenvalue weighted by Gasteiger charge is 2.18. The smallest absolute Gasteiger partial charge is 0.237 e. The first-order valence-electron chi connectivity index (χ1n) is 5.95. The molecule has 1 aromatic heterocycles. The van der Waals surface area contributed by atoms with E-state index < -0.39 is 0 Å². The number of rotatable bonds is 5. The van der Waals surface area contributed by atoms with Gasteiger partial charge in [0.25, 0.3) is 0 Å². The fourth-order valence-corrected chi connectivity index (χ4v) is 1.72. The van der Waals surface area contributed by atoms with E-state index in [9.17, 15) is 0 Å². The van der Waals surface area contributed by atoms with Gasteiger partial charge in [0, 0.05) is 6.42 Å². The summed E-state index contributed by atoms with van der Waals surface area (Å²) >= 11 is 0. The van der Waals surface area contributed by atoms with Crippen molar-refractivity contribution in [2.45, 2.75) is 26.3 Å². The summed E-state index contributed by atoms with van der Waals surface area (Å²) in [5, 5.41) is 11.5. The topological polar surface area (TPSA) is 51.0 Å². The third-order valence-corrected chi connectivity index (χ3v) is 2.57. The van der Waals surface area contributed by atoms with Gasteiger partial charge in [-0.1, -0.05) is 44.2 Å². The Balaban J connectivity index is 2.28. The van der Waals surface area contributed by atoms with Crippen molar-refractivity contribution in [1.82, 2.24) is 15.5 Å². The van der Waals surface area contributed by atoms with E-state index in [0.717, 1.165) is 18.5 Å². The minimum absolute atomic E-state index is 0.0194. The summed E-state index contributed by atoms with van der Waals surface area (Å²) in [4.78, 5) is 0. The molecular formula is C13H17N3O. The van der Waals surface area contributed by atoms with E-state index in [1.807, 2.05) is 25.1 Å². The van der Waals surface area contributed by atoms with Crippen molar-refractivity contribution in [1.29, 1.82) is 0 Å². The maximum Gasteiger partial charge on any atom is 0.237 e. The lowest BCUT2D eigenvalue weighted by atomic mass is 10.1. The molecule has 1 atom stereocenters. The van der Waals surface area contributed by atoms with Crippen LogP contribution >= 0.6 is 0 Å². The number of hydrogen-bond donors (Lipinski definition) is 1. The largest absolute Gasteiger partial charge is 0.423 e.